The molecule has 1 amide bonds. The van der Waals surface area contributed by atoms with E-state index < -0.39 is 0 Å². The molecule has 3 heterocycles. The van der Waals surface area contributed by atoms with Crippen LogP contribution in [0.4, 0.5) is 0 Å². The molecule has 0 spiro atoms. The van der Waals surface area contributed by atoms with Crippen LogP contribution < -0.4 is 0 Å². The molecule has 3 rings (SSSR count). The highest BCUT2D eigenvalue weighted by Crippen LogP contribution is 2.32. The molecule has 0 unspecified atom stereocenters. The standard InChI is InChI=1S/C14H17ClN2OS/c1-9-3-5-17(6-4-9)14(18)11-7-12-10(16(11)2)8-13(15)19-12/h7-9H,3-6H2,1-2H3. The van der Waals surface area contributed by atoms with Crippen molar-refractivity contribution < 1.29 is 4.79 Å². The summed E-state index contributed by atoms with van der Waals surface area (Å²) in [5.41, 5.74) is 1.82. The van der Waals surface area contributed by atoms with E-state index in [0.29, 0.717) is 0 Å². The lowest BCUT2D eigenvalue weighted by molar-refractivity contribution is 0.0688. The monoisotopic (exact) mass is 296 g/mol. The Bertz CT molecular complexity index is 623. The van der Waals surface area contributed by atoms with Gasteiger partial charge < -0.3 is 9.47 Å². The molecule has 19 heavy (non-hydrogen) atoms. The summed E-state index contributed by atoms with van der Waals surface area (Å²) >= 11 is 7.53. The molecule has 0 aliphatic carbocycles. The third kappa shape index (κ3) is 2.28. The zero-order valence-corrected chi connectivity index (χ0v) is 12.7. The molecule has 5 heteroatoms. The number of carbonyl (C=O) groups excluding carboxylic acids is 1. The van der Waals surface area contributed by atoms with Crippen molar-refractivity contribution in [3.8, 4) is 0 Å². The van der Waals surface area contributed by atoms with E-state index in [9.17, 15) is 4.79 Å². The van der Waals surface area contributed by atoms with Gasteiger partial charge in [-0.15, -0.1) is 11.3 Å². The second kappa shape index (κ2) is 4.84. The van der Waals surface area contributed by atoms with Crippen molar-refractivity contribution in [1.82, 2.24) is 9.47 Å². The smallest absolute Gasteiger partial charge is 0.270 e. The minimum atomic E-state index is 0.147. The minimum absolute atomic E-state index is 0.147. The number of hydrogen-bond donors (Lipinski definition) is 0. The van der Waals surface area contributed by atoms with Crippen LogP contribution in [-0.2, 0) is 7.05 Å². The average Bonchev–Trinajstić information content (AvgIpc) is 2.88. The van der Waals surface area contributed by atoms with Crippen molar-refractivity contribution in [2.24, 2.45) is 13.0 Å². The number of halogens is 1. The minimum Gasteiger partial charge on any atom is -0.339 e. The molecular formula is C14H17ClN2OS. The van der Waals surface area contributed by atoms with Gasteiger partial charge in [-0.3, -0.25) is 4.79 Å². The number of nitrogens with zero attached hydrogens (tertiary/aromatic N) is 2. The van der Waals surface area contributed by atoms with Crippen LogP contribution in [0.3, 0.4) is 0 Å². The van der Waals surface area contributed by atoms with Crippen LogP contribution in [0.15, 0.2) is 12.1 Å². The topological polar surface area (TPSA) is 25.2 Å². The van der Waals surface area contributed by atoms with Crippen LogP contribution >= 0.6 is 22.9 Å². The third-order valence-corrected chi connectivity index (χ3v) is 5.19. The molecular weight excluding hydrogens is 280 g/mol. The van der Waals surface area contributed by atoms with E-state index >= 15 is 0 Å². The predicted molar refractivity (Wildman–Crippen MR) is 80.1 cm³/mol. The lowest BCUT2D eigenvalue weighted by Gasteiger charge is -2.30. The Morgan fingerprint density at radius 1 is 1.37 bits per heavy atom. The first-order valence-corrected chi connectivity index (χ1v) is 7.79. The summed E-state index contributed by atoms with van der Waals surface area (Å²) < 4.78 is 3.81. The fraction of sp³-hybridized carbons (Fsp3) is 0.500. The molecule has 1 aliphatic heterocycles. The number of fused-ring (bicyclic) bond motifs is 1. The van der Waals surface area contributed by atoms with Gasteiger partial charge in [0.15, 0.2) is 0 Å². The Labute approximate surface area is 121 Å². The van der Waals surface area contributed by atoms with Crippen LogP contribution in [0.5, 0.6) is 0 Å². The number of thiophene rings is 1. The number of aromatic nitrogens is 1. The van der Waals surface area contributed by atoms with Crippen LogP contribution in [-0.4, -0.2) is 28.5 Å². The van der Waals surface area contributed by atoms with Crippen molar-refractivity contribution >= 4 is 39.1 Å². The summed E-state index contributed by atoms with van der Waals surface area (Å²) in [7, 11) is 1.94. The number of aryl methyl sites for hydroxylation is 1. The van der Waals surface area contributed by atoms with Crippen LogP contribution in [0, 0.1) is 5.92 Å². The first kappa shape index (κ1) is 13.0. The molecule has 1 fully saturated rings. The Balaban J connectivity index is 1.89. The average molecular weight is 297 g/mol. The Morgan fingerprint density at radius 3 is 2.68 bits per heavy atom. The van der Waals surface area contributed by atoms with E-state index in [1.54, 1.807) is 0 Å². The highest BCUT2D eigenvalue weighted by Gasteiger charge is 2.24. The van der Waals surface area contributed by atoms with E-state index in [2.05, 4.69) is 6.92 Å². The molecule has 2 aromatic rings. The highest BCUT2D eigenvalue weighted by atomic mass is 35.5. The maximum Gasteiger partial charge on any atom is 0.270 e. The van der Waals surface area contributed by atoms with Crippen LogP contribution in [0.1, 0.15) is 30.3 Å². The molecule has 0 saturated carbocycles. The molecule has 1 saturated heterocycles. The molecule has 0 bridgehead atoms. The van der Waals surface area contributed by atoms with E-state index in [1.807, 2.05) is 28.6 Å². The van der Waals surface area contributed by atoms with Crippen molar-refractivity contribution in [2.45, 2.75) is 19.8 Å². The molecule has 1 aliphatic rings. The summed E-state index contributed by atoms with van der Waals surface area (Å²) in [5.74, 6) is 0.883. The summed E-state index contributed by atoms with van der Waals surface area (Å²) in [6, 6.07) is 3.89. The Kier molecular flexibility index (Phi) is 3.31. The van der Waals surface area contributed by atoms with Gasteiger partial charge in [0.25, 0.3) is 5.91 Å². The summed E-state index contributed by atoms with van der Waals surface area (Å²) in [5, 5.41) is 0. The molecule has 0 atom stereocenters. The van der Waals surface area contributed by atoms with Crippen LogP contribution in [0.2, 0.25) is 4.34 Å². The molecule has 3 nitrogen and oxygen atoms in total. The second-order valence-corrected chi connectivity index (χ2v) is 7.08. The van der Waals surface area contributed by atoms with Gasteiger partial charge >= 0.3 is 0 Å². The first-order chi connectivity index (χ1) is 9.06. The molecule has 0 N–H and O–H groups in total. The lowest BCUT2D eigenvalue weighted by atomic mass is 9.99. The van der Waals surface area contributed by atoms with Gasteiger partial charge in [0, 0.05) is 20.1 Å². The van der Waals surface area contributed by atoms with E-state index in [1.165, 1.54) is 11.3 Å². The number of carbonyl (C=O) groups is 1. The fourth-order valence-corrected chi connectivity index (χ4v) is 3.86. The van der Waals surface area contributed by atoms with Gasteiger partial charge in [-0.25, -0.2) is 0 Å². The van der Waals surface area contributed by atoms with Gasteiger partial charge in [0.2, 0.25) is 0 Å². The number of piperidine rings is 1. The number of amides is 1. The van der Waals surface area contributed by atoms with Crippen LogP contribution in [0.25, 0.3) is 10.2 Å². The fourth-order valence-electron chi connectivity index (χ4n) is 2.66. The normalized spacial score (nSPS) is 17.3. The maximum atomic E-state index is 12.6. The SMILES string of the molecule is CC1CCN(C(=O)c2cc3sc(Cl)cc3n2C)CC1. The molecule has 102 valence electrons. The van der Waals surface area contributed by atoms with Crippen molar-refractivity contribution in [3.05, 3.63) is 22.2 Å². The predicted octanol–water partition coefficient (Wildman–Crippen LogP) is 3.77. The molecule has 2 aromatic heterocycles. The third-order valence-electron chi connectivity index (χ3n) is 3.99. The number of hydrogen-bond acceptors (Lipinski definition) is 2. The first-order valence-electron chi connectivity index (χ1n) is 6.60. The Morgan fingerprint density at radius 2 is 2.05 bits per heavy atom. The summed E-state index contributed by atoms with van der Waals surface area (Å²) in [6.45, 7) is 4.00. The van der Waals surface area contributed by atoms with Gasteiger partial charge in [-0.05, 0) is 30.9 Å². The summed E-state index contributed by atoms with van der Waals surface area (Å²) in [6.07, 6.45) is 2.21. The zero-order chi connectivity index (χ0) is 13.6. The van der Waals surface area contributed by atoms with Gasteiger partial charge in [0.1, 0.15) is 5.69 Å². The van der Waals surface area contributed by atoms with Crippen molar-refractivity contribution in [1.29, 1.82) is 0 Å². The largest absolute Gasteiger partial charge is 0.339 e. The quantitative estimate of drug-likeness (QED) is 0.786. The highest BCUT2D eigenvalue weighted by molar-refractivity contribution is 7.22. The van der Waals surface area contributed by atoms with Gasteiger partial charge in [-0.1, -0.05) is 18.5 Å². The maximum absolute atomic E-state index is 12.6. The van der Waals surface area contributed by atoms with E-state index in [0.717, 1.165) is 52.1 Å². The zero-order valence-electron chi connectivity index (χ0n) is 11.1. The molecule has 0 aromatic carbocycles. The summed E-state index contributed by atoms with van der Waals surface area (Å²) in [4.78, 5) is 14.5. The van der Waals surface area contributed by atoms with E-state index in [-0.39, 0.29) is 5.91 Å². The number of rotatable bonds is 1. The van der Waals surface area contributed by atoms with Crippen molar-refractivity contribution in [2.75, 3.05) is 13.1 Å². The van der Waals surface area contributed by atoms with E-state index in [4.69, 9.17) is 11.6 Å². The van der Waals surface area contributed by atoms with Crippen molar-refractivity contribution in [3.63, 3.8) is 0 Å². The second-order valence-electron chi connectivity index (χ2n) is 5.36. The Hall–Kier alpha value is -1.00. The number of likely N-dealkylation sites (tertiary alicyclic amines) is 1. The van der Waals surface area contributed by atoms with Gasteiger partial charge in [-0.2, -0.15) is 0 Å². The van der Waals surface area contributed by atoms with Gasteiger partial charge in [0.05, 0.1) is 14.6 Å². The lowest BCUT2D eigenvalue weighted by Crippen LogP contribution is -2.38. The molecule has 0 radical (unpaired) electrons.